The third-order valence-electron chi connectivity index (χ3n) is 2.90. The van der Waals surface area contributed by atoms with E-state index in [9.17, 15) is 8.42 Å². The van der Waals surface area contributed by atoms with Gasteiger partial charge in [0, 0.05) is 24.8 Å². The van der Waals surface area contributed by atoms with Crippen molar-refractivity contribution in [1.82, 2.24) is 14.5 Å². The topological polar surface area (TPSA) is 66.1 Å². The Hall–Kier alpha value is -0.590. The first-order valence-electron chi connectivity index (χ1n) is 6.01. The maximum Gasteiger partial charge on any atom is 0.262 e. The average Bonchev–Trinajstić information content (AvgIpc) is 2.71. The van der Waals surface area contributed by atoms with E-state index in [0.717, 1.165) is 19.3 Å². The fourth-order valence-electron chi connectivity index (χ4n) is 1.65. The second-order valence-corrected chi connectivity index (χ2v) is 6.53. The van der Waals surface area contributed by atoms with Crippen molar-refractivity contribution in [3.63, 3.8) is 0 Å². The Labute approximate surface area is 114 Å². The summed E-state index contributed by atoms with van der Waals surface area (Å²) in [7, 11) is -1.96. The first kappa shape index (κ1) is 15.5. The van der Waals surface area contributed by atoms with Gasteiger partial charge in [0.25, 0.3) is 10.0 Å². The molecule has 104 valence electrons. The largest absolute Gasteiger partial charge is 0.281 e. The quantitative estimate of drug-likeness (QED) is 0.619. The van der Waals surface area contributed by atoms with Crippen LogP contribution in [-0.2, 0) is 15.9 Å². The summed E-state index contributed by atoms with van der Waals surface area (Å²) in [5.74, 6) is 0.139. The number of nitrogens with one attached hydrogen (secondary N) is 1. The van der Waals surface area contributed by atoms with Gasteiger partial charge < -0.3 is 0 Å². The van der Waals surface area contributed by atoms with E-state index in [2.05, 4.69) is 17.1 Å². The van der Waals surface area contributed by atoms with E-state index in [1.165, 1.54) is 4.31 Å². The van der Waals surface area contributed by atoms with Crippen molar-refractivity contribution >= 4 is 21.6 Å². The van der Waals surface area contributed by atoms with Crippen LogP contribution in [0.15, 0.2) is 5.03 Å². The summed E-state index contributed by atoms with van der Waals surface area (Å²) in [4.78, 5) is 0. The van der Waals surface area contributed by atoms with Gasteiger partial charge in [0.05, 0.1) is 5.88 Å². The normalized spacial score (nSPS) is 12.3. The Morgan fingerprint density at radius 3 is 2.61 bits per heavy atom. The molecule has 0 bridgehead atoms. The molecule has 0 radical (unpaired) electrons. The zero-order valence-corrected chi connectivity index (χ0v) is 12.6. The molecule has 7 heteroatoms. The number of unbranched alkanes of at least 4 members (excludes halogenated alkanes) is 2. The smallest absolute Gasteiger partial charge is 0.262 e. The lowest BCUT2D eigenvalue weighted by Crippen LogP contribution is -2.29. The number of hydrogen-bond acceptors (Lipinski definition) is 3. The Morgan fingerprint density at radius 1 is 1.39 bits per heavy atom. The van der Waals surface area contributed by atoms with Crippen LogP contribution in [-0.4, -0.2) is 36.5 Å². The van der Waals surface area contributed by atoms with Crippen LogP contribution >= 0.6 is 11.6 Å². The molecule has 0 aliphatic rings. The predicted octanol–water partition coefficient (Wildman–Crippen LogP) is 2.27. The number of alkyl halides is 1. The lowest BCUT2D eigenvalue weighted by atomic mass is 10.2. The maximum absolute atomic E-state index is 12.3. The van der Waals surface area contributed by atoms with E-state index in [1.807, 2.05) is 0 Å². The first-order valence-corrected chi connectivity index (χ1v) is 7.98. The molecule has 0 amide bonds. The summed E-state index contributed by atoms with van der Waals surface area (Å²) >= 11 is 5.77. The lowest BCUT2D eigenvalue weighted by molar-refractivity contribution is 0.451. The van der Waals surface area contributed by atoms with E-state index in [0.29, 0.717) is 17.8 Å². The van der Waals surface area contributed by atoms with E-state index in [-0.39, 0.29) is 10.9 Å². The minimum atomic E-state index is -3.53. The number of rotatable bonds is 7. The molecule has 0 saturated carbocycles. The van der Waals surface area contributed by atoms with Crippen LogP contribution in [0.1, 0.15) is 37.4 Å². The molecule has 0 spiro atoms. The number of hydrogen-bond donors (Lipinski definition) is 1. The molecule has 0 unspecified atom stereocenters. The molecule has 1 N–H and O–H groups in total. The maximum atomic E-state index is 12.3. The van der Waals surface area contributed by atoms with E-state index in [4.69, 9.17) is 11.6 Å². The highest BCUT2D eigenvalue weighted by atomic mass is 35.5. The summed E-state index contributed by atoms with van der Waals surface area (Å²) in [6.45, 7) is 4.35. The molecule has 5 nitrogen and oxygen atoms in total. The van der Waals surface area contributed by atoms with Gasteiger partial charge in [-0.3, -0.25) is 5.10 Å². The molecule has 0 aromatic carbocycles. The number of sulfonamides is 1. The number of aromatic amines is 1. The van der Waals surface area contributed by atoms with Gasteiger partial charge in [0.15, 0.2) is 5.03 Å². The molecule has 1 aromatic heterocycles. The van der Waals surface area contributed by atoms with Crippen LogP contribution in [0.4, 0.5) is 0 Å². The fourth-order valence-corrected chi connectivity index (χ4v) is 3.42. The summed E-state index contributed by atoms with van der Waals surface area (Å²) in [5, 5.41) is 6.59. The number of halogens is 1. The summed E-state index contributed by atoms with van der Waals surface area (Å²) in [5.41, 5.74) is 1.25. The fraction of sp³-hybridized carbons (Fsp3) is 0.727. The van der Waals surface area contributed by atoms with Crippen molar-refractivity contribution in [2.24, 2.45) is 0 Å². The molecule has 0 fully saturated rings. The van der Waals surface area contributed by atoms with Crippen LogP contribution in [0.3, 0.4) is 0 Å². The van der Waals surface area contributed by atoms with Crippen LogP contribution in [0, 0.1) is 6.92 Å². The van der Waals surface area contributed by atoms with Crippen molar-refractivity contribution in [3.05, 3.63) is 11.3 Å². The number of aryl methyl sites for hydroxylation is 1. The third-order valence-corrected chi connectivity index (χ3v) is 5.00. The monoisotopic (exact) mass is 293 g/mol. The molecule has 0 atom stereocenters. The van der Waals surface area contributed by atoms with Crippen LogP contribution in [0.25, 0.3) is 0 Å². The van der Waals surface area contributed by atoms with Gasteiger partial charge >= 0.3 is 0 Å². The molecular weight excluding hydrogens is 274 g/mol. The van der Waals surface area contributed by atoms with Crippen molar-refractivity contribution < 1.29 is 8.42 Å². The first-order chi connectivity index (χ1) is 8.45. The van der Waals surface area contributed by atoms with Crippen molar-refractivity contribution in [2.75, 3.05) is 13.6 Å². The average molecular weight is 294 g/mol. The molecule has 1 aromatic rings. The second kappa shape index (κ2) is 6.54. The van der Waals surface area contributed by atoms with E-state index >= 15 is 0 Å². The lowest BCUT2D eigenvalue weighted by Gasteiger charge is -2.16. The highest BCUT2D eigenvalue weighted by Crippen LogP contribution is 2.21. The number of aromatic nitrogens is 2. The summed E-state index contributed by atoms with van der Waals surface area (Å²) in [6.07, 6.45) is 2.93. The zero-order chi connectivity index (χ0) is 13.8. The van der Waals surface area contributed by atoms with E-state index in [1.54, 1.807) is 14.0 Å². The molecule has 0 saturated heterocycles. The number of nitrogens with zero attached hydrogens (tertiary/aromatic N) is 2. The Balaban J connectivity index is 2.91. The Morgan fingerprint density at radius 2 is 2.06 bits per heavy atom. The molecule has 18 heavy (non-hydrogen) atoms. The van der Waals surface area contributed by atoms with Gasteiger partial charge in [-0.25, -0.2) is 8.42 Å². The third kappa shape index (κ3) is 3.24. The van der Waals surface area contributed by atoms with Gasteiger partial charge in [-0.05, 0) is 13.3 Å². The molecule has 1 rings (SSSR count). The predicted molar refractivity (Wildman–Crippen MR) is 72.2 cm³/mol. The van der Waals surface area contributed by atoms with Gasteiger partial charge in [-0.2, -0.15) is 9.40 Å². The Kier molecular flexibility index (Phi) is 5.62. The van der Waals surface area contributed by atoms with Crippen molar-refractivity contribution in [2.45, 2.75) is 44.0 Å². The molecular formula is C11H20ClN3O2S. The minimum absolute atomic E-state index is 0.0500. The highest BCUT2D eigenvalue weighted by Gasteiger charge is 2.27. The summed E-state index contributed by atoms with van der Waals surface area (Å²) in [6, 6.07) is 0. The van der Waals surface area contributed by atoms with Gasteiger partial charge in [-0.15, -0.1) is 11.6 Å². The van der Waals surface area contributed by atoms with Crippen molar-refractivity contribution in [3.8, 4) is 0 Å². The van der Waals surface area contributed by atoms with Crippen LogP contribution in [0.2, 0.25) is 0 Å². The standard InChI is InChI=1S/C11H20ClN3O2S/c1-4-5-6-7-15(3)18(16,17)11-10(8-12)9(2)13-14-11/h4-8H2,1-3H3,(H,13,14). The molecule has 0 aliphatic carbocycles. The number of H-pyrrole nitrogens is 1. The second-order valence-electron chi connectivity index (χ2n) is 4.30. The molecule has 1 heterocycles. The summed E-state index contributed by atoms with van der Waals surface area (Å²) < 4.78 is 25.9. The molecule has 0 aliphatic heterocycles. The minimum Gasteiger partial charge on any atom is -0.281 e. The van der Waals surface area contributed by atoms with Gasteiger partial charge in [0.1, 0.15) is 0 Å². The van der Waals surface area contributed by atoms with Crippen molar-refractivity contribution in [1.29, 1.82) is 0 Å². The van der Waals surface area contributed by atoms with Crippen LogP contribution in [0.5, 0.6) is 0 Å². The van der Waals surface area contributed by atoms with E-state index < -0.39 is 10.0 Å². The van der Waals surface area contributed by atoms with Crippen LogP contribution < -0.4 is 0 Å². The SMILES string of the molecule is CCCCCN(C)S(=O)(=O)c1n[nH]c(C)c1CCl. The van der Waals surface area contributed by atoms with Gasteiger partial charge in [-0.1, -0.05) is 19.8 Å². The van der Waals surface area contributed by atoms with Gasteiger partial charge in [0.2, 0.25) is 0 Å². The highest BCUT2D eigenvalue weighted by molar-refractivity contribution is 7.89. The zero-order valence-electron chi connectivity index (χ0n) is 11.0. The Bertz CT molecular complexity index is 484.